The molecule has 0 saturated carbocycles. The second kappa shape index (κ2) is 15.6. The minimum Gasteiger partial charge on any atom is -0.509 e. The van der Waals surface area contributed by atoms with Crippen LogP contribution in [0.25, 0.3) is 44.4 Å². The van der Waals surface area contributed by atoms with Gasteiger partial charge in [0.2, 0.25) is 0 Å². The monoisotopic (exact) mass is 808 g/mol. The van der Waals surface area contributed by atoms with Crippen molar-refractivity contribution in [3.63, 3.8) is 0 Å². The Morgan fingerprint density at radius 1 is 0.741 bits per heavy atom. The van der Waals surface area contributed by atoms with Gasteiger partial charge in [0.15, 0.2) is 0 Å². The van der Waals surface area contributed by atoms with Crippen molar-refractivity contribution < 1.29 is 29.9 Å². The molecule has 54 heavy (non-hydrogen) atoms. The Bertz CT molecular complexity index is 2480. The van der Waals surface area contributed by atoms with E-state index in [1.165, 1.54) is 50.2 Å². The third kappa shape index (κ3) is 6.78. The van der Waals surface area contributed by atoms with E-state index >= 15 is 0 Å². The predicted octanol–water partition coefficient (Wildman–Crippen LogP) is 12.2. The van der Waals surface area contributed by atoms with Crippen LogP contribution in [0.15, 0.2) is 66.9 Å². The summed E-state index contributed by atoms with van der Waals surface area (Å²) in [6.45, 7) is 22.5. The van der Waals surface area contributed by atoms with Crippen LogP contribution in [0.4, 0.5) is 0 Å². The molecule has 0 aliphatic carbocycles. The smallest absolute Gasteiger partial charge is 0.509 e. The molecule has 0 saturated heterocycles. The fraction of sp³-hybridized carbons (Fsp3) is 0.319. The number of benzene rings is 4. The van der Waals surface area contributed by atoms with E-state index in [0.29, 0.717) is 11.5 Å². The van der Waals surface area contributed by atoms with Gasteiger partial charge in [-0.05, 0) is 103 Å². The molecule has 0 radical (unpaired) electrons. The van der Waals surface area contributed by atoms with E-state index in [9.17, 15) is 0 Å². The summed E-state index contributed by atoms with van der Waals surface area (Å²) in [5.41, 5.74) is 15.6. The van der Waals surface area contributed by atoms with Crippen molar-refractivity contribution in [3.8, 4) is 39.9 Å². The van der Waals surface area contributed by atoms with Crippen molar-refractivity contribution in [2.24, 2.45) is 0 Å². The molecule has 7 aromatic rings. The number of pyridine rings is 1. The largest absolute Gasteiger partial charge is 2.00 e. The second-order valence-corrected chi connectivity index (χ2v) is 14.9. The molecule has 4 aromatic carbocycles. The maximum atomic E-state index is 6.71. The zero-order valence-electron chi connectivity index (χ0n) is 33.3. The van der Waals surface area contributed by atoms with Gasteiger partial charge in [0.05, 0.1) is 18.5 Å². The van der Waals surface area contributed by atoms with Crippen LogP contribution < -0.4 is 9.47 Å². The minimum atomic E-state index is 0. The van der Waals surface area contributed by atoms with Crippen LogP contribution in [-0.2, 0) is 26.8 Å². The van der Waals surface area contributed by atoms with Gasteiger partial charge < -0.3 is 14.0 Å². The summed E-state index contributed by atoms with van der Waals surface area (Å²) >= 11 is 0. The molecular weight excluding hydrogens is 759 g/mol. The van der Waals surface area contributed by atoms with Crippen LogP contribution in [0.1, 0.15) is 97.6 Å². The van der Waals surface area contributed by atoms with E-state index < -0.39 is 0 Å². The van der Waals surface area contributed by atoms with Crippen molar-refractivity contribution in [1.82, 2.24) is 19.3 Å². The van der Waals surface area contributed by atoms with Crippen molar-refractivity contribution in [3.05, 3.63) is 124 Å². The number of rotatable bonds is 10. The molecule has 0 N–H and O–H groups in total. The van der Waals surface area contributed by atoms with Crippen LogP contribution in [0.3, 0.4) is 0 Å². The first-order valence-corrected chi connectivity index (χ1v) is 18.8. The number of fused-ring (bicyclic) bond motifs is 3. The quantitative estimate of drug-likeness (QED) is 0.102. The van der Waals surface area contributed by atoms with Gasteiger partial charge in [0, 0.05) is 34.8 Å². The molecule has 0 spiro atoms. The Morgan fingerprint density at radius 2 is 1.44 bits per heavy atom. The van der Waals surface area contributed by atoms with Crippen LogP contribution in [0.2, 0.25) is 0 Å². The summed E-state index contributed by atoms with van der Waals surface area (Å²) in [5.74, 6) is 3.17. The summed E-state index contributed by atoms with van der Waals surface area (Å²) in [6, 6.07) is 27.8. The fourth-order valence-corrected chi connectivity index (χ4v) is 7.83. The molecule has 7 heteroatoms. The predicted molar refractivity (Wildman–Crippen MR) is 218 cm³/mol. The van der Waals surface area contributed by atoms with Crippen molar-refractivity contribution >= 4 is 21.8 Å². The fourth-order valence-electron chi connectivity index (χ4n) is 7.83. The van der Waals surface area contributed by atoms with Gasteiger partial charge in [-0.25, -0.2) is 4.98 Å². The molecule has 0 unspecified atom stereocenters. The Labute approximate surface area is 334 Å². The number of aryl methyl sites for hydroxylation is 1. The summed E-state index contributed by atoms with van der Waals surface area (Å²) in [5, 5.41) is 7.61. The summed E-state index contributed by atoms with van der Waals surface area (Å²) in [7, 11) is 1.67. The van der Waals surface area contributed by atoms with E-state index in [0.717, 1.165) is 57.6 Å². The SMILES string of the molecule is CCCc1cc(Oc2[c-]c3c(cc2)c2ccccc2n3-c2cc(OC)ccn2)[c-]c(-n2nc(C(C)C)c(-c3c(C)c(C)c(C)c(C)c3C)c2C(C)C)c1.[Pd+2]. The van der Waals surface area contributed by atoms with Gasteiger partial charge in [0.25, 0.3) is 0 Å². The first-order chi connectivity index (χ1) is 25.4. The number of para-hydroxylation sites is 1. The Hall–Kier alpha value is -4.70. The van der Waals surface area contributed by atoms with Crippen LogP contribution >= 0.6 is 0 Å². The molecule has 280 valence electrons. The summed E-state index contributed by atoms with van der Waals surface area (Å²) in [6.07, 6.45) is 3.69. The molecule has 0 atom stereocenters. The van der Waals surface area contributed by atoms with Gasteiger partial charge in [-0.1, -0.05) is 71.2 Å². The maximum absolute atomic E-state index is 6.71. The van der Waals surface area contributed by atoms with Crippen LogP contribution in [-0.4, -0.2) is 26.4 Å². The molecule has 6 nitrogen and oxygen atoms in total. The number of methoxy groups -OCH3 is 1. The molecule has 3 heterocycles. The van der Waals surface area contributed by atoms with Crippen molar-refractivity contribution in [2.45, 2.75) is 93.9 Å². The Kier molecular flexibility index (Phi) is 11.3. The number of hydrogen-bond acceptors (Lipinski definition) is 4. The van der Waals surface area contributed by atoms with E-state index in [2.05, 4.69) is 127 Å². The van der Waals surface area contributed by atoms with Gasteiger partial charge in [-0.15, -0.1) is 35.7 Å². The molecule has 7 rings (SSSR count). The first kappa shape index (κ1) is 39.0. The average Bonchev–Trinajstić information content (AvgIpc) is 3.70. The van der Waals surface area contributed by atoms with Crippen molar-refractivity contribution in [1.29, 1.82) is 0 Å². The van der Waals surface area contributed by atoms with E-state index in [1.54, 1.807) is 13.3 Å². The Balaban J connectivity index is 0.00000497. The van der Waals surface area contributed by atoms with E-state index in [4.69, 9.17) is 19.6 Å². The zero-order valence-corrected chi connectivity index (χ0v) is 34.9. The number of hydrogen-bond donors (Lipinski definition) is 0. The van der Waals surface area contributed by atoms with Gasteiger partial charge >= 0.3 is 20.4 Å². The van der Waals surface area contributed by atoms with Gasteiger partial charge in [-0.2, -0.15) is 16.7 Å². The third-order valence-corrected chi connectivity index (χ3v) is 10.9. The topological polar surface area (TPSA) is 54.1 Å². The summed E-state index contributed by atoms with van der Waals surface area (Å²) < 4.78 is 16.5. The van der Waals surface area contributed by atoms with Crippen LogP contribution in [0.5, 0.6) is 17.2 Å². The zero-order chi connectivity index (χ0) is 37.7. The van der Waals surface area contributed by atoms with Gasteiger partial charge in [-0.3, -0.25) is 4.68 Å². The Morgan fingerprint density at radius 3 is 2.11 bits per heavy atom. The normalized spacial score (nSPS) is 11.6. The summed E-state index contributed by atoms with van der Waals surface area (Å²) in [4.78, 5) is 4.72. The first-order valence-electron chi connectivity index (χ1n) is 18.8. The number of aromatic nitrogens is 4. The molecule has 0 bridgehead atoms. The number of nitrogens with zero attached hydrogens (tertiary/aromatic N) is 4. The third-order valence-electron chi connectivity index (χ3n) is 10.9. The molecular formula is C47H50N4O2Pd. The molecule has 0 amide bonds. The second-order valence-electron chi connectivity index (χ2n) is 14.9. The van der Waals surface area contributed by atoms with Crippen LogP contribution in [0, 0.1) is 46.8 Å². The minimum absolute atomic E-state index is 0. The van der Waals surface area contributed by atoms with E-state index in [1.807, 2.05) is 24.3 Å². The molecule has 0 aliphatic rings. The van der Waals surface area contributed by atoms with Crippen molar-refractivity contribution in [2.75, 3.05) is 7.11 Å². The maximum Gasteiger partial charge on any atom is 2.00 e. The standard InChI is InChI=1S/C47H50N4O2.Pd/c1-12-15-34-22-35(51-47(28(4)5)45(46(49-51)27(2)3)44-32(9)30(7)29(6)31(8)33(44)10)24-38(23-34)53-37-18-19-40-39-16-13-14-17-41(39)50(42(40)25-37)43-26-36(52-11)20-21-48-43;/h13-14,16-23,26-28H,12,15H2,1-11H3;/q-2;+2. The van der Waals surface area contributed by atoms with Gasteiger partial charge in [0.1, 0.15) is 11.6 Å². The average molecular weight is 809 g/mol. The van der Waals surface area contributed by atoms with E-state index in [-0.39, 0.29) is 32.3 Å². The number of ether oxygens (including phenoxy) is 2. The molecule has 0 fully saturated rings. The molecule has 3 aromatic heterocycles. The molecule has 0 aliphatic heterocycles.